The van der Waals surface area contributed by atoms with Gasteiger partial charge < -0.3 is 15.4 Å². The van der Waals surface area contributed by atoms with E-state index in [-0.39, 0.29) is 40.1 Å². The number of benzene rings is 1. The van der Waals surface area contributed by atoms with Crippen LogP contribution in [0.15, 0.2) is 29.3 Å². The van der Waals surface area contributed by atoms with Gasteiger partial charge in [-0.3, -0.25) is 20.0 Å². The Hall–Kier alpha value is -1.46. The number of morpholine rings is 1. The third kappa shape index (κ3) is 6.51. The third-order valence-electron chi connectivity index (χ3n) is 5.86. The molecule has 8 nitrogen and oxygen atoms in total. The van der Waals surface area contributed by atoms with Gasteiger partial charge in [-0.1, -0.05) is 31.4 Å². The number of rotatable bonds is 6. The van der Waals surface area contributed by atoms with E-state index < -0.39 is 0 Å². The Labute approximate surface area is 189 Å². The molecular formula is C20H32IN5O3. The van der Waals surface area contributed by atoms with Crippen LogP contribution in [0, 0.1) is 10.1 Å². The molecule has 2 fully saturated rings. The van der Waals surface area contributed by atoms with Crippen LogP contribution in [0.4, 0.5) is 5.69 Å². The molecule has 29 heavy (non-hydrogen) atoms. The number of halogens is 1. The van der Waals surface area contributed by atoms with Crippen molar-refractivity contribution in [2.45, 2.75) is 44.2 Å². The van der Waals surface area contributed by atoms with Crippen molar-refractivity contribution in [3.63, 3.8) is 0 Å². The fourth-order valence-corrected chi connectivity index (χ4v) is 4.29. The molecule has 1 aromatic carbocycles. The summed E-state index contributed by atoms with van der Waals surface area (Å²) >= 11 is 0. The molecule has 2 aliphatic rings. The van der Waals surface area contributed by atoms with Crippen molar-refractivity contribution in [1.82, 2.24) is 15.5 Å². The summed E-state index contributed by atoms with van der Waals surface area (Å²) in [6.45, 7) is 4.93. The van der Waals surface area contributed by atoms with E-state index in [1.807, 2.05) is 6.07 Å². The van der Waals surface area contributed by atoms with Crippen LogP contribution in [0.5, 0.6) is 0 Å². The standard InChI is InChI=1S/C20H31N5O3.HI/c1-21-19(22-15-17-6-5-7-18(14-17)25(26)27)23-16-20(8-3-2-4-9-20)24-10-12-28-13-11-24;/h5-7,14H,2-4,8-13,15-16H2,1H3,(H2,21,22,23);1H. The van der Waals surface area contributed by atoms with Gasteiger partial charge in [0.1, 0.15) is 0 Å². The van der Waals surface area contributed by atoms with Gasteiger partial charge in [0.2, 0.25) is 0 Å². The molecule has 3 rings (SSSR count). The van der Waals surface area contributed by atoms with Crippen LogP contribution in [-0.2, 0) is 11.3 Å². The minimum Gasteiger partial charge on any atom is -0.379 e. The van der Waals surface area contributed by atoms with Crippen molar-refractivity contribution < 1.29 is 9.66 Å². The second kappa shape index (κ2) is 11.7. The zero-order valence-corrected chi connectivity index (χ0v) is 19.4. The van der Waals surface area contributed by atoms with Crippen molar-refractivity contribution in [2.75, 3.05) is 39.9 Å². The smallest absolute Gasteiger partial charge is 0.269 e. The minimum atomic E-state index is -0.369. The van der Waals surface area contributed by atoms with E-state index in [4.69, 9.17) is 4.74 Å². The highest BCUT2D eigenvalue weighted by atomic mass is 127. The number of hydrogen-bond donors (Lipinski definition) is 2. The van der Waals surface area contributed by atoms with Crippen molar-refractivity contribution in [1.29, 1.82) is 0 Å². The lowest BCUT2D eigenvalue weighted by atomic mass is 9.80. The summed E-state index contributed by atoms with van der Waals surface area (Å²) < 4.78 is 5.55. The topological polar surface area (TPSA) is 92.0 Å². The molecule has 1 heterocycles. The predicted molar refractivity (Wildman–Crippen MR) is 125 cm³/mol. The number of nitrogens with zero attached hydrogens (tertiary/aromatic N) is 3. The van der Waals surface area contributed by atoms with E-state index in [2.05, 4.69) is 20.5 Å². The van der Waals surface area contributed by atoms with E-state index in [0.717, 1.165) is 44.4 Å². The van der Waals surface area contributed by atoms with Crippen LogP contribution in [-0.4, -0.2) is 61.2 Å². The van der Waals surface area contributed by atoms with Gasteiger partial charge in [-0.2, -0.15) is 0 Å². The van der Waals surface area contributed by atoms with Gasteiger partial charge in [0.05, 0.1) is 18.1 Å². The summed E-state index contributed by atoms with van der Waals surface area (Å²) in [5, 5.41) is 17.7. The van der Waals surface area contributed by atoms with E-state index in [9.17, 15) is 10.1 Å². The van der Waals surface area contributed by atoms with Crippen molar-refractivity contribution in [3.05, 3.63) is 39.9 Å². The molecule has 0 spiro atoms. The average Bonchev–Trinajstić information content (AvgIpc) is 2.75. The van der Waals surface area contributed by atoms with Crippen LogP contribution >= 0.6 is 24.0 Å². The molecule has 0 radical (unpaired) electrons. The number of nitrogens with one attached hydrogen (secondary N) is 2. The number of guanidine groups is 1. The Morgan fingerprint density at radius 1 is 1.24 bits per heavy atom. The molecule has 1 saturated carbocycles. The Morgan fingerprint density at radius 2 is 1.97 bits per heavy atom. The molecule has 0 bridgehead atoms. The number of nitro benzene ring substituents is 1. The van der Waals surface area contributed by atoms with Crippen molar-refractivity contribution >= 4 is 35.6 Å². The lowest BCUT2D eigenvalue weighted by Crippen LogP contribution is -2.60. The zero-order valence-electron chi connectivity index (χ0n) is 17.1. The van der Waals surface area contributed by atoms with Crippen LogP contribution in [0.25, 0.3) is 0 Å². The fraction of sp³-hybridized carbons (Fsp3) is 0.650. The normalized spacial score (nSPS) is 19.8. The molecular weight excluding hydrogens is 485 g/mol. The van der Waals surface area contributed by atoms with Gasteiger partial charge in [-0.15, -0.1) is 24.0 Å². The molecule has 0 amide bonds. The summed E-state index contributed by atoms with van der Waals surface area (Å²) in [6, 6.07) is 6.69. The van der Waals surface area contributed by atoms with Crippen LogP contribution in [0.1, 0.15) is 37.7 Å². The highest BCUT2D eigenvalue weighted by Gasteiger charge is 2.38. The quantitative estimate of drug-likeness (QED) is 0.198. The summed E-state index contributed by atoms with van der Waals surface area (Å²) in [7, 11) is 1.76. The van der Waals surface area contributed by atoms with Crippen LogP contribution in [0.2, 0.25) is 0 Å². The molecule has 2 N–H and O–H groups in total. The Morgan fingerprint density at radius 3 is 2.62 bits per heavy atom. The maximum absolute atomic E-state index is 10.9. The Balaban J connectivity index is 0.00000300. The van der Waals surface area contributed by atoms with Crippen LogP contribution in [0.3, 0.4) is 0 Å². The lowest BCUT2D eigenvalue weighted by Gasteiger charge is -2.48. The van der Waals surface area contributed by atoms with Gasteiger partial charge in [0, 0.05) is 50.9 Å². The highest BCUT2D eigenvalue weighted by Crippen LogP contribution is 2.33. The van der Waals surface area contributed by atoms with Crippen LogP contribution < -0.4 is 10.6 Å². The molecule has 0 unspecified atom stereocenters. The monoisotopic (exact) mass is 517 g/mol. The number of aliphatic imine (C=N–C) groups is 1. The average molecular weight is 517 g/mol. The molecule has 0 aromatic heterocycles. The number of hydrogen-bond acceptors (Lipinski definition) is 5. The maximum Gasteiger partial charge on any atom is 0.269 e. The summed E-state index contributed by atoms with van der Waals surface area (Å²) in [5.74, 6) is 0.727. The molecule has 162 valence electrons. The lowest BCUT2D eigenvalue weighted by molar-refractivity contribution is -0.384. The largest absolute Gasteiger partial charge is 0.379 e. The first-order valence-electron chi connectivity index (χ1n) is 10.1. The number of non-ortho nitro benzene ring substituents is 1. The van der Waals surface area contributed by atoms with Gasteiger partial charge in [0.15, 0.2) is 5.96 Å². The Bertz CT molecular complexity index is 688. The second-order valence-electron chi connectivity index (χ2n) is 7.59. The van der Waals surface area contributed by atoms with Crippen molar-refractivity contribution in [2.24, 2.45) is 4.99 Å². The van der Waals surface area contributed by atoms with Gasteiger partial charge >= 0.3 is 0 Å². The minimum absolute atomic E-state index is 0. The summed E-state index contributed by atoms with van der Waals surface area (Å²) in [4.78, 5) is 17.5. The van der Waals surface area contributed by atoms with E-state index in [1.54, 1.807) is 19.2 Å². The molecule has 9 heteroatoms. The number of ether oxygens (including phenoxy) is 1. The first kappa shape index (κ1) is 23.8. The summed E-state index contributed by atoms with van der Waals surface area (Å²) in [5.41, 5.74) is 1.12. The van der Waals surface area contributed by atoms with E-state index in [0.29, 0.717) is 6.54 Å². The maximum atomic E-state index is 10.9. The Kier molecular flexibility index (Phi) is 9.57. The van der Waals surface area contributed by atoms with E-state index >= 15 is 0 Å². The first-order valence-corrected chi connectivity index (χ1v) is 10.1. The molecule has 1 aliphatic carbocycles. The highest BCUT2D eigenvalue weighted by molar-refractivity contribution is 14.0. The SMILES string of the molecule is CN=C(NCc1cccc([N+](=O)[O-])c1)NCC1(N2CCOCC2)CCCCC1.I. The van der Waals surface area contributed by atoms with Gasteiger partial charge in [0.25, 0.3) is 5.69 Å². The van der Waals surface area contributed by atoms with E-state index in [1.165, 1.54) is 38.2 Å². The fourth-order valence-electron chi connectivity index (χ4n) is 4.29. The molecule has 1 aliphatic heterocycles. The summed E-state index contributed by atoms with van der Waals surface area (Å²) in [6.07, 6.45) is 6.23. The van der Waals surface area contributed by atoms with Gasteiger partial charge in [-0.25, -0.2) is 0 Å². The van der Waals surface area contributed by atoms with Gasteiger partial charge in [-0.05, 0) is 18.4 Å². The second-order valence-corrected chi connectivity index (χ2v) is 7.59. The molecule has 1 aromatic rings. The zero-order chi connectivity index (χ0) is 19.8. The molecule has 1 saturated heterocycles. The third-order valence-corrected chi connectivity index (χ3v) is 5.86. The first-order chi connectivity index (χ1) is 13.6. The number of nitro groups is 1. The van der Waals surface area contributed by atoms with Crippen molar-refractivity contribution in [3.8, 4) is 0 Å². The molecule has 0 atom stereocenters. The predicted octanol–water partition coefficient (Wildman–Crippen LogP) is 2.91.